The van der Waals surface area contributed by atoms with E-state index in [1.54, 1.807) is 47.5 Å². The van der Waals surface area contributed by atoms with E-state index in [1.807, 2.05) is 4.68 Å². The molecule has 0 aliphatic carbocycles. The molecule has 0 saturated carbocycles. The molecule has 4 aromatic rings. The van der Waals surface area contributed by atoms with E-state index in [-0.39, 0.29) is 23.7 Å². The van der Waals surface area contributed by atoms with Gasteiger partial charge in [-0.25, -0.2) is 9.97 Å². The van der Waals surface area contributed by atoms with Crippen LogP contribution in [0.1, 0.15) is 29.2 Å². The smallest absolute Gasteiger partial charge is 0.256 e. The maximum atomic E-state index is 12.7. The molecular weight excluding hydrogens is 513 g/mol. The molecule has 2 amide bonds. The third-order valence-corrected chi connectivity index (χ3v) is 6.92. The highest BCUT2D eigenvalue weighted by Crippen LogP contribution is 2.40. The number of likely N-dealkylation sites (tertiary alicyclic amines) is 1. The maximum absolute atomic E-state index is 12.7. The zero-order valence-corrected chi connectivity index (χ0v) is 21.2. The van der Waals surface area contributed by atoms with Crippen molar-refractivity contribution >= 4 is 57.6 Å². The van der Waals surface area contributed by atoms with Crippen LogP contribution in [-0.4, -0.2) is 49.6 Å². The number of carbonyl (C=O) groups excluding carboxylic acids is 2. The fourth-order valence-electron chi connectivity index (χ4n) is 4.57. The molecule has 0 spiro atoms. The van der Waals surface area contributed by atoms with Gasteiger partial charge in [0, 0.05) is 30.4 Å². The summed E-state index contributed by atoms with van der Waals surface area (Å²) in [6.45, 7) is 4.71. The lowest BCUT2D eigenvalue weighted by Crippen LogP contribution is -2.40. The minimum Gasteiger partial charge on any atom is -0.383 e. The second-order valence-electron chi connectivity index (χ2n) is 8.66. The Kier molecular flexibility index (Phi) is 6.82. The van der Waals surface area contributed by atoms with Crippen LogP contribution >= 0.6 is 23.2 Å². The lowest BCUT2D eigenvalue weighted by Gasteiger charge is -2.32. The molecule has 0 radical (unpaired) electrons. The molecule has 4 heterocycles. The first-order valence-electron chi connectivity index (χ1n) is 11.6. The number of rotatable bonds is 5. The standard InChI is InChI=1S/C26H23Cl2N7O2/c1-2-21(36)34-11-5-6-16(14-34)35-24-19(28)13-31-25(29)22(24)23(33-35)17-9-8-15(12-18(17)27)26(37)32-20-7-3-4-10-30-20/h2-4,7-10,12-13,16H,1,5-6,11,14H2,(H2,29,31)(H,30,32,37). The number of nitrogens with zero attached hydrogens (tertiary/aromatic N) is 5. The van der Waals surface area contributed by atoms with Crippen molar-refractivity contribution in [3.8, 4) is 11.3 Å². The molecule has 1 fully saturated rings. The second kappa shape index (κ2) is 10.2. The van der Waals surface area contributed by atoms with Crippen LogP contribution in [0, 0.1) is 0 Å². The number of anilines is 2. The Morgan fingerprint density at radius 3 is 2.73 bits per heavy atom. The first-order chi connectivity index (χ1) is 17.9. The molecule has 37 heavy (non-hydrogen) atoms. The Labute approximate surface area is 222 Å². The Bertz CT molecular complexity index is 1520. The van der Waals surface area contributed by atoms with Gasteiger partial charge >= 0.3 is 0 Å². The van der Waals surface area contributed by atoms with Crippen molar-refractivity contribution in [2.24, 2.45) is 0 Å². The molecule has 1 atom stereocenters. The average molecular weight is 536 g/mol. The summed E-state index contributed by atoms with van der Waals surface area (Å²) < 4.78 is 1.81. The molecule has 1 aliphatic heterocycles. The van der Waals surface area contributed by atoms with Gasteiger partial charge in [0.05, 0.1) is 33.2 Å². The number of aromatic nitrogens is 4. The number of nitrogen functional groups attached to an aromatic ring is 1. The number of nitrogens with two attached hydrogens (primary N) is 1. The molecule has 9 nitrogen and oxygen atoms in total. The average Bonchev–Trinajstić information content (AvgIpc) is 3.32. The number of piperidine rings is 1. The van der Waals surface area contributed by atoms with Crippen LogP contribution in [0.3, 0.4) is 0 Å². The van der Waals surface area contributed by atoms with Crippen LogP contribution in [0.5, 0.6) is 0 Å². The van der Waals surface area contributed by atoms with E-state index in [1.165, 1.54) is 12.3 Å². The summed E-state index contributed by atoms with van der Waals surface area (Å²) in [5.74, 6) is 0.211. The molecule has 1 unspecified atom stereocenters. The van der Waals surface area contributed by atoms with E-state index >= 15 is 0 Å². The number of hydrogen-bond acceptors (Lipinski definition) is 6. The largest absolute Gasteiger partial charge is 0.383 e. The highest BCUT2D eigenvalue weighted by molar-refractivity contribution is 6.37. The predicted octanol–water partition coefficient (Wildman–Crippen LogP) is 4.98. The minimum atomic E-state index is -0.346. The quantitative estimate of drug-likeness (QED) is 0.347. The Balaban J connectivity index is 1.55. The lowest BCUT2D eigenvalue weighted by atomic mass is 10.0. The predicted molar refractivity (Wildman–Crippen MR) is 145 cm³/mol. The Morgan fingerprint density at radius 1 is 1.16 bits per heavy atom. The van der Waals surface area contributed by atoms with Gasteiger partial charge in [0.25, 0.3) is 5.91 Å². The zero-order chi connectivity index (χ0) is 26.1. The number of halogens is 2. The van der Waals surface area contributed by atoms with Gasteiger partial charge in [-0.1, -0.05) is 41.9 Å². The van der Waals surface area contributed by atoms with E-state index in [0.717, 1.165) is 12.8 Å². The van der Waals surface area contributed by atoms with Gasteiger partial charge in [-0.15, -0.1) is 0 Å². The van der Waals surface area contributed by atoms with Crippen LogP contribution in [0.2, 0.25) is 10.0 Å². The van der Waals surface area contributed by atoms with Crippen LogP contribution in [-0.2, 0) is 4.79 Å². The van der Waals surface area contributed by atoms with E-state index in [9.17, 15) is 9.59 Å². The van der Waals surface area contributed by atoms with E-state index < -0.39 is 0 Å². The van der Waals surface area contributed by atoms with Crippen LogP contribution < -0.4 is 11.1 Å². The first-order valence-corrected chi connectivity index (χ1v) is 12.4. The van der Waals surface area contributed by atoms with Crippen molar-refractivity contribution in [3.05, 3.63) is 77.1 Å². The van der Waals surface area contributed by atoms with Gasteiger partial charge in [-0.05, 0) is 43.2 Å². The number of pyridine rings is 2. The molecule has 0 bridgehead atoms. The van der Waals surface area contributed by atoms with Crippen LogP contribution in [0.25, 0.3) is 22.2 Å². The summed E-state index contributed by atoms with van der Waals surface area (Å²) in [4.78, 5) is 35.1. The fraction of sp³-hybridized carbons (Fsp3) is 0.192. The number of nitrogens with one attached hydrogen (secondary N) is 1. The molecular formula is C26H23Cl2N7O2. The zero-order valence-electron chi connectivity index (χ0n) is 19.7. The second-order valence-corrected chi connectivity index (χ2v) is 9.47. The van der Waals surface area contributed by atoms with Gasteiger partial charge in [-0.2, -0.15) is 5.10 Å². The van der Waals surface area contributed by atoms with E-state index in [2.05, 4.69) is 21.9 Å². The monoisotopic (exact) mass is 535 g/mol. The van der Waals surface area contributed by atoms with Gasteiger partial charge < -0.3 is 16.0 Å². The highest BCUT2D eigenvalue weighted by atomic mass is 35.5. The summed E-state index contributed by atoms with van der Waals surface area (Å²) in [7, 11) is 0. The molecule has 5 rings (SSSR count). The van der Waals surface area contributed by atoms with Gasteiger partial charge in [0.2, 0.25) is 5.91 Å². The van der Waals surface area contributed by atoms with Gasteiger partial charge in [0.1, 0.15) is 17.3 Å². The Hall–Kier alpha value is -3.95. The molecule has 3 N–H and O–H groups in total. The van der Waals surface area contributed by atoms with Crippen molar-refractivity contribution < 1.29 is 9.59 Å². The third kappa shape index (κ3) is 4.75. The van der Waals surface area contributed by atoms with E-state index in [0.29, 0.717) is 56.7 Å². The van der Waals surface area contributed by atoms with Crippen LogP contribution in [0.4, 0.5) is 11.6 Å². The van der Waals surface area contributed by atoms with Gasteiger partial charge in [-0.3, -0.25) is 14.3 Å². The SMILES string of the molecule is C=CC(=O)N1CCCC(n2nc(-c3ccc(C(=O)Nc4ccccn4)cc3Cl)c3c(N)ncc(Cl)c32)C1. The van der Waals surface area contributed by atoms with E-state index in [4.69, 9.17) is 34.0 Å². The lowest BCUT2D eigenvalue weighted by molar-refractivity contribution is -0.127. The molecule has 188 valence electrons. The topological polar surface area (TPSA) is 119 Å². The number of amides is 2. The van der Waals surface area contributed by atoms with Crippen molar-refractivity contribution in [2.45, 2.75) is 18.9 Å². The first kappa shape index (κ1) is 24.7. The normalized spacial score (nSPS) is 15.5. The molecule has 3 aromatic heterocycles. The van der Waals surface area contributed by atoms with Crippen molar-refractivity contribution in [1.82, 2.24) is 24.6 Å². The number of benzene rings is 1. The summed E-state index contributed by atoms with van der Waals surface area (Å²) in [5.41, 5.74) is 8.35. The minimum absolute atomic E-state index is 0.128. The molecule has 11 heteroatoms. The Morgan fingerprint density at radius 2 is 2.00 bits per heavy atom. The summed E-state index contributed by atoms with van der Waals surface area (Å²) in [5, 5.41) is 8.88. The number of carbonyl (C=O) groups is 2. The van der Waals surface area contributed by atoms with Gasteiger partial charge in [0.15, 0.2) is 0 Å². The number of fused-ring (bicyclic) bond motifs is 1. The molecule has 1 aliphatic rings. The van der Waals surface area contributed by atoms with Crippen molar-refractivity contribution in [1.29, 1.82) is 0 Å². The summed E-state index contributed by atoms with van der Waals surface area (Å²) in [6, 6.07) is 10.1. The third-order valence-electron chi connectivity index (χ3n) is 6.33. The summed E-state index contributed by atoms with van der Waals surface area (Å²) in [6.07, 6.45) is 6.00. The molecule has 1 saturated heterocycles. The highest BCUT2D eigenvalue weighted by Gasteiger charge is 2.29. The maximum Gasteiger partial charge on any atom is 0.256 e. The van der Waals surface area contributed by atoms with Crippen molar-refractivity contribution in [3.63, 3.8) is 0 Å². The fourth-order valence-corrected chi connectivity index (χ4v) is 5.07. The number of hydrogen-bond donors (Lipinski definition) is 2. The van der Waals surface area contributed by atoms with Crippen LogP contribution in [0.15, 0.2) is 61.4 Å². The van der Waals surface area contributed by atoms with Crippen molar-refractivity contribution in [2.75, 3.05) is 24.1 Å². The summed E-state index contributed by atoms with van der Waals surface area (Å²) >= 11 is 13.3. The molecule has 1 aromatic carbocycles.